The third kappa shape index (κ3) is 4.79. The molecule has 0 bridgehead atoms. The zero-order chi connectivity index (χ0) is 21.0. The van der Waals surface area contributed by atoms with Gasteiger partial charge in [0.15, 0.2) is 6.61 Å². The predicted molar refractivity (Wildman–Crippen MR) is 102 cm³/mol. The van der Waals surface area contributed by atoms with E-state index in [0.29, 0.717) is 12.2 Å². The number of aromatic nitrogens is 2. The zero-order valence-corrected chi connectivity index (χ0v) is 16.7. The first-order valence-electron chi connectivity index (χ1n) is 9.52. The molecule has 2 heterocycles. The van der Waals surface area contributed by atoms with Gasteiger partial charge in [-0.25, -0.2) is 4.79 Å². The predicted octanol–water partition coefficient (Wildman–Crippen LogP) is 2.45. The number of nitrogens with zero attached hydrogens (tertiary/aromatic N) is 3. The Hall–Kier alpha value is -3.23. The number of esters is 1. The van der Waals surface area contributed by atoms with Crippen LogP contribution in [0.2, 0.25) is 0 Å². The van der Waals surface area contributed by atoms with Crippen molar-refractivity contribution in [2.45, 2.75) is 52.2 Å². The van der Waals surface area contributed by atoms with Gasteiger partial charge >= 0.3 is 12.0 Å². The summed E-state index contributed by atoms with van der Waals surface area (Å²) in [6.07, 6.45) is 1.33. The maximum atomic E-state index is 12.1. The van der Waals surface area contributed by atoms with E-state index in [1.807, 2.05) is 24.3 Å². The summed E-state index contributed by atoms with van der Waals surface area (Å²) in [5.74, 6) is -0.145. The van der Waals surface area contributed by atoms with Crippen LogP contribution in [0.5, 0.6) is 0 Å². The Labute approximate surface area is 168 Å². The first-order valence-corrected chi connectivity index (χ1v) is 9.52. The van der Waals surface area contributed by atoms with Crippen LogP contribution in [0.25, 0.3) is 11.4 Å². The summed E-state index contributed by atoms with van der Waals surface area (Å²) in [4.78, 5) is 41.1. The van der Waals surface area contributed by atoms with Crippen LogP contribution in [0.15, 0.2) is 28.8 Å². The van der Waals surface area contributed by atoms with Crippen LogP contribution in [-0.4, -0.2) is 45.0 Å². The Morgan fingerprint density at radius 3 is 2.59 bits per heavy atom. The summed E-state index contributed by atoms with van der Waals surface area (Å²) in [6.45, 7) is 5.38. The third-order valence-corrected chi connectivity index (χ3v) is 4.65. The van der Waals surface area contributed by atoms with Crippen LogP contribution >= 0.6 is 0 Å². The molecule has 0 aliphatic carbocycles. The fourth-order valence-corrected chi connectivity index (χ4v) is 2.94. The van der Waals surface area contributed by atoms with E-state index in [1.165, 1.54) is 5.56 Å². The van der Waals surface area contributed by atoms with E-state index in [2.05, 4.69) is 22.4 Å². The van der Waals surface area contributed by atoms with Crippen molar-refractivity contribution in [3.8, 4) is 11.4 Å². The number of aryl methyl sites for hydroxylation is 1. The van der Waals surface area contributed by atoms with Gasteiger partial charge in [0.2, 0.25) is 5.82 Å². The maximum absolute atomic E-state index is 12.1. The molecule has 1 aromatic heterocycles. The van der Waals surface area contributed by atoms with E-state index in [9.17, 15) is 14.4 Å². The van der Waals surface area contributed by atoms with Gasteiger partial charge in [0.05, 0.1) is 0 Å². The minimum absolute atomic E-state index is 0.0664. The Kier molecular flexibility index (Phi) is 5.95. The van der Waals surface area contributed by atoms with Crippen LogP contribution in [0.3, 0.4) is 0 Å². The Morgan fingerprint density at radius 1 is 1.24 bits per heavy atom. The fourth-order valence-electron chi connectivity index (χ4n) is 2.94. The van der Waals surface area contributed by atoms with Crippen LogP contribution in [-0.2, 0) is 27.4 Å². The van der Waals surface area contributed by atoms with Crippen molar-refractivity contribution in [1.29, 1.82) is 0 Å². The van der Waals surface area contributed by atoms with Gasteiger partial charge in [0.1, 0.15) is 5.54 Å². The molecule has 0 radical (unpaired) electrons. The highest BCUT2D eigenvalue weighted by molar-refractivity contribution is 6.06. The van der Waals surface area contributed by atoms with Crippen molar-refractivity contribution in [3.05, 3.63) is 35.7 Å². The van der Waals surface area contributed by atoms with Crippen LogP contribution in [0, 0.1) is 0 Å². The molecule has 0 saturated carbocycles. The normalized spacial score (nSPS) is 15.5. The van der Waals surface area contributed by atoms with E-state index >= 15 is 0 Å². The molecule has 29 heavy (non-hydrogen) atoms. The molecule has 0 spiro atoms. The lowest BCUT2D eigenvalue weighted by Gasteiger charge is -2.15. The van der Waals surface area contributed by atoms with E-state index in [-0.39, 0.29) is 31.4 Å². The number of hydrogen-bond acceptors (Lipinski definition) is 7. The lowest BCUT2D eigenvalue weighted by Crippen LogP contribution is -2.40. The molecule has 1 fully saturated rings. The highest BCUT2D eigenvalue weighted by Gasteiger charge is 2.43. The molecule has 1 aromatic carbocycles. The Morgan fingerprint density at radius 2 is 1.97 bits per heavy atom. The molecule has 1 aliphatic heterocycles. The molecule has 0 unspecified atom stereocenters. The average molecular weight is 400 g/mol. The largest absolute Gasteiger partial charge is 0.456 e. The molecule has 1 N–H and O–H groups in total. The number of urea groups is 1. The summed E-state index contributed by atoms with van der Waals surface area (Å²) in [6, 6.07) is 7.38. The molecule has 0 atom stereocenters. The van der Waals surface area contributed by atoms with Gasteiger partial charge in [-0.05, 0) is 32.3 Å². The molecule has 9 nitrogen and oxygen atoms in total. The maximum Gasteiger partial charge on any atom is 0.325 e. The number of nitrogens with one attached hydrogen (secondary N) is 1. The average Bonchev–Trinajstić information content (AvgIpc) is 3.24. The van der Waals surface area contributed by atoms with Crippen molar-refractivity contribution in [2.75, 3.05) is 6.54 Å². The molecular formula is C20H24N4O5. The Bertz CT molecular complexity index is 904. The van der Waals surface area contributed by atoms with Gasteiger partial charge < -0.3 is 14.6 Å². The van der Waals surface area contributed by atoms with Crippen LogP contribution in [0.1, 0.15) is 45.1 Å². The van der Waals surface area contributed by atoms with Gasteiger partial charge in [-0.2, -0.15) is 4.98 Å². The second kappa shape index (κ2) is 8.42. The van der Waals surface area contributed by atoms with Gasteiger partial charge in [-0.1, -0.05) is 36.3 Å². The Balaban J connectivity index is 1.43. The van der Waals surface area contributed by atoms with Crippen molar-refractivity contribution < 1.29 is 23.6 Å². The number of rotatable bonds is 8. The molecule has 1 aliphatic rings. The molecule has 3 rings (SSSR count). The number of benzene rings is 1. The molecule has 154 valence electrons. The number of hydrogen-bond donors (Lipinski definition) is 1. The van der Waals surface area contributed by atoms with Gasteiger partial charge in [0.25, 0.3) is 11.8 Å². The fraction of sp³-hybridized carbons (Fsp3) is 0.450. The van der Waals surface area contributed by atoms with Crippen molar-refractivity contribution in [1.82, 2.24) is 20.4 Å². The summed E-state index contributed by atoms with van der Waals surface area (Å²) in [5.41, 5.74) is 1.12. The highest BCUT2D eigenvalue weighted by Crippen LogP contribution is 2.18. The number of imide groups is 1. The number of carbonyl (C=O) groups is 3. The van der Waals surface area contributed by atoms with Gasteiger partial charge in [-0.3, -0.25) is 14.5 Å². The van der Waals surface area contributed by atoms with E-state index in [0.717, 1.165) is 16.9 Å². The van der Waals surface area contributed by atoms with Crippen molar-refractivity contribution >= 4 is 17.9 Å². The second-order valence-corrected chi connectivity index (χ2v) is 7.34. The molecule has 9 heteroatoms. The summed E-state index contributed by atoms with van der Waals surface area (Å²) in [5, 5.41) is 6.49. The number of carbonyl (C=O) groups excluding carboxylic acids is 3. The third-order valence-electron chi connectivity index (χ3n) is 4.65. The van der Waals surface area contributed by atoms with Crippen molar-refractivity contribution in [3.63, 3.8) is 0 Å². The minimum Gasteiger partial charge on any atom is -0.456 e. The standard InChI is InChI=1S/C20H24N4O5/c1-4-13-7-9-14(10-8-13)17-21-15(29-23-17)12-28-16(25)6-5-11-24-18(26)20(2,3)22-19(24)27/h7-10H,4-6,11-12H2,1-3H3,(H,22,27). The molecular weight excluding hydrogens is 376 g/mol. The first kappa shape index (κ1) is 20.5. The van der Waals surface area contributed by atoms with E-state index in [1.54, 1.807) is 13.8 Å². The van der Waals surface area contributed by atoms with E-state index < -0.39 is 17.5 Å². The molecule has 1 saturated heterocycles. The van der Waals surface area contributed by atoms with Crippen LogP contribution in [0.4, 0.5) is 4.79 Å². The van der Waals surface area contributed by atoms with Gasteiger partial charge in [-0.15, -0.1) is 0 Å². The second-order valence-electron chi connectivity index (χ2n) is 7.34. The smallest absolute Gasteiger partial charge is 0.325 e. The SMILES string of the molecule is CCc1ccc(-c2noc(COC(=O)CCCN3C(=O)NC(C)(C)C3=O)n2)cc1. The van der Waals surface area contributed by atoms with E-state index in [4.69, 9.17) is 9.26 Å². The highest BCUT2D eigenvalue weighted by atomic mass is 16.6. The lowest BCUT2D eigenvalue weighted by atomic mass is 10.1. The molecule has 2 aromatic rings. The molecule has 3 amide bonds. The summed E-state index contributed by atoms with van der Waals surface area (Å²) in [7, 11) is 0. The summed E-state index contributed by atoms with van der Waals surface area (Å²) < 4.78 is 10.3. The first-order chi connectivity index (χ1) is 13.8. The monoisotopic (exact) mass is 400 g/mol. The topological polar surface area (TPSA) is 115 Å². The number of ether oxygens (including phenoxy) is 1. The lowest BCUT2D eigenvalue weighted by molar-refractivity contribution is -0.146. The van der Waals surface area contributed by atoms with Crippen LogP contribution < -0.4 is 5.32 Å². The number of amides is 3. The van der Waals surface area contributed by atoms with Crippen molar-refractivity contribution in [2.24, 2.45) is 0 Å². The quantitative estimate of drug-likeness (QED) is 0.535. The zero-order valence-electron chi connectivity index (χ0n) is 16.7. The summed E-state index contributed by atoms with van der Waals surface area (Å²) >= 11 is 0. The van der Waals surface area contributed by atoms with Gasteiger partial charge in [0, 0.05) is 18.5 Å². The minimum atomic E-state index is -0.913.